The fourth-order valence-corrected chi connectivity index (χ4v) is 4.63. The molecular formula is C20H29NO3. The van der Waals surface area contributed by atoms with Gasteiger partial charge in [0.25, 0.3) is 0 Å². The smallest absolute Gasteiger partial charge is 0.157 e. The van der Waals surface area contributed by atoms with E-state index in [1.54, 1.807) is 0 Å². The summed E-state index contributed by atoms with van der Waals surface area (Å²) in [4.78, 5) is 2.50. The summed E-state index contributed by atoms with van der Waals surface area (Å²) < 4.78 is 11.8. The van der Waals surface area contributed by atoms with Gasteiger partial charge >= 0.3 is 0 Å². The summed E-state index contributed by atoms with van der Waals surface area (Å²) in [6.45, 7) is 4.94. The Hall–Kier alpha value is -0.940. The predicted octanol–water partition coefficient (Wildman–Crippen LogP) is 2.66. The van der Waals surface area contributed by atoms with Crippen LogP contribution in [0.3, 0.4) is 0 Å². The summed E-state index contributed by atoms with van der Waals surface area (Å²) in [6, 6.07) is 10.6. The third kappa shape index (κ3) is 3.52. The minimum atomic E-state index is -0.00877. The number of piperidine rings is 1. The van der Waals surface area contributed by atoms with Gasteiger partial charge in [-0.2, -0.15) is 0 Å². The van der Waals surface area contributed by atoms with Crippen molar-refractivity contribution in [3.05, 3.63) is 35.9 Å². The van der Waals surface area contributed by atoms with Gasteiger partial charge in [-0.05, 0) is 43.1 Å². The monoisotopic (exact) mass is 331 g/mol. The van der Waals surface area contributed by atoms with Crippen LogP contribution in [0.2, 0.25) is 0 Å². The number of fused-ring (bicyclic) bond motifs is 1. The van der Waals surface area contributed by atoms with Gasteiger partial charge in [0.15, 0.2) is 6.29 Å². The molecule has 4 atom stereocenters. The molecule has 2 aliphatic heterocycles. The third-order valence-electron chi connectivity index (χ3n) is 6.05. The van der Waals surface area contributed by atoms with Crippen LogP contribution in [0.4, 0.5) is 0 Å². The van der Waals surface area contributed by atoms with E-state index in [0.29, 0.717) is 18.4 Å². The van der Waals surface area contributed by atoms with Crippen molar-refractivity contribution in [2.45, 2.75) is 38.5 Å². The van der Waals surface area contributed by atoms with Gasteiger partial charge in [-0.1, -0.05) is 30.3 Å². The van der Waals surface area contributed by atoms with Gasteiger partial charge in [-0.15, -0.1) is 0 Å². The Morgan fingerprint density at radius 3 is 2.88 bits per heavy atom. The first kappa shape index (κ1) is 16.5. The first-order chi connectivity index (χ1) is 11.8. The van der Waals surface area contributed by atoms with E-state index >= 15 is 0 Å². The van der Waals surface area contributed by atoms with Crippen molar-refractivity contribution in [1.82, 2.24) is 4.90 Å². The lowest BCUT2D eigenvalue weighted by Gasteiger charge is -2.37. The van der Waals surface area contributed by atoms with E-state index in [1.807, 2.05) is 0 Å². The van der Waals surface area contributed by atoms with E-state index in [4.69, 9.17) is 9.47 Å². The molecule has 3 fully saturated rings. The van der Waals surface area contributed by atoms with Gasteiger partial charge in [0.1, 0.15) is 0 Å². The molecule has 2 saturated heterocycles. The molecule has 2 heterocycles. The zero-order chi connectivity index (χ0) is 16.4. The first-order valence-corrected chi connectivity index (χ1v) is 9.39. The van der Waals surface area contributed by atoms with Crippen LogP contribution in [0.15, 0.2) is 30.3 Å². The van der Waals surface area contributed by atoms with Crippen molar-refractivity contribution in [2.24, 2.45) is 17.3 Å². The normalized spacial score (nSPS) is 36.3. The zero-order valence-corrected chi connectivity index (χ0v) is 14.4. The van der Waals surface area contributed by atoms with Crippen LogP contribution >= 0.6 is 0 Å². The van der Waals surface area contributed by atoms with Gasteiger partial charge in [0.2, 0.25) is 0 Å². The topological polar surface area (TPSA) is 41.9 Å². The SMILES string of the molecule is OCC12CC1C(COC1CCCCO1)CN(Cc1ccccc1)C2. The maximum atomic E-state index is 9.92. The average Bonchev–Trinajstić information content (AvgIpc) is 3.37. The number of benzene rings is 1. The van der Waals surface area contributed by atoms with Gasteiger partial charge in [0, 0.05) is 31.7 Å². The molecule has 4 unspecified atom stereocenters. The highest BCUT2D eigenvalue weighted by Gasteiger charge is 2.60. The summed E-state index contributed by atoms with van der Waals surface area (Å²) in [6.07, 6.45) is 4.53. The molecule has 0 aromatic heterocycles. The molecule has 24 heavy (non-hydrogen) atoms. The Labute approximate surface area is 144 Å². The predicted molar refractivity (Wildman–Crippen MR) is 92.4 cm³/mol. The molecule has 1 saturated carbocycles. The van der Waals surface area contributed by atoms with Crippen LogP contribution in [0.5, 0.6) is 0 Å². The summed E-state index contributed by atoms with van der Waals surface area (Å²) in [5, 5.41) is 9.92. The highest BCUT2D eigenvalue weighted by Crippen LogP contribution is 2.59. The fraction of sp³-hybridized carbons (Fsp3) is 0.700. The van der Waals surface area contributed by atoms with E-state index in [0.717, 1.165) is 52.1 Å². The van der Waals surface area contributed by atoms with Crippen LogP contribution in [0, 0.1) is 17.3 Å². The van der Waals surface area contributed by atoms with E-state index in [-0.39, 0.29) is 11.7 Å². The molecule has 0 amide bonds. The Morgan fingerprint density at radius 2 is 2.12 bits per heavy atom. The van der Waals surface area contributed by atoms with E-state index in [9.17, 15) is 5.11 Å². The number of hydrogen-bond donors (Lipinski definition) is 1. The molecule has 4 heteroatoms. The molecule has 4 nitrogen and oxygen atoms in total. The van der Waals surface area contributed by atoms with E-state index in [1.165, 1.54) is 12.0 Å². The van der Waals surface area contributed by atoms with Crippen molar-refractivity contribution < 1.29 is 14.6 Å². The Bertz CT molecular complexity index is 531. The lowest BCUT2D eigenvalue weighted by Crippen LogP contribution is -2.44. The maximum Gasteiger partial charge on any atom is 0.157 e. The second-order valence-electron chi connectivity index (χ2n) is 7.88. The molecule has 132 valence electrons. The number of hydrogen-bond acceptors (Lipinski definition) is 4. The second kappa shape index (κ2) is 7.12. The maximum absolute atomic E-state index is 9.92. The minimum absolute atomic E-state index is 0.00877. The van der Waals surface area contributed by atoms with Gasteiger partial charge in [-0.3, -0.25) is 4.90 Å². The average molecular weight is 331 g/mol. The quantitative estimate of drug-likeness (QED) is 0.870. The van der Waals surface area contributed by atoms with E-state index < -0.39 is 0 Å². The highest BCUT2D eigenvalue weighted by molar-refractivity contribution is 5.16. The Kier molecular flexibility index (Phi) is 4.90. The Morgan fingerprint density at radius 1 is 1.25 bits per heavy atom. The van der Waals surface area contributed by atoms with Crippen molar-refractivity contribution >= 4 is 0 Å². The molecule has 4 rings (SSSR count). The van der Waals surface area contributed by atoms with Crippen LogP contribution in [-0.4, -0.2) is 49.2 Å². The van der Waals surface area contributed by atoms with Crippen molar-refractivity contribution in [2.75, 3.05) is 32.9 Å². The number of nitrogens with zero attached hydrogens (tertiary/aromatic N) is 1. The molecule has 1 aromatic carbocycles. The molecule has 1 aliphatic carbocycles. The Balaban J connectivity index is 1.36. The third-order valence-corrected chi connectivity index (χ3v) is 6.05. The van der Waals surface area contributed by atoms with Gasteiger partial charge in [0.05, 0.1) is 13.2 Å². The molecule has 0 bridgehead atoms. The minimum Gasteiger partial charge on any atom is -0.396 e. The van der Waals surface area contributed by atoms with Gasteiger partial charge in [-0.25, -0.2) is 0 Å². The second-order valence-corrected chi connectivity index (χ2v) is 7.88. The lowest BCUT2D eigenvalue weighted by molar-refractivity contribution is -0.173. The number of ether oxygens (including phenoxy) is 2. The summed E-state index contributed by atoms with van der Waals surface area (Å²) in [5.74, 6) is 1.14. The van der Waals surface area contributed by atoms with Crippen molar-refractivity contribution in [3.8, 4) is 0 Å². The zero-order valence-electron chi connectivity index (χ0n) is 14.4. The molecule has 0 spiro atoms. The number of aliphatic hydroxyl groups excluding tert-OH is 1. The lowest BCUT2D eigenvalue weighted by atomic mass is 9.90. The van der Waals surface area contributed by atoms with Crippen molar-refractivity contribution in [3.63, 3.8) is 0 Å². The summed E-state index contributed by atoms with van der Waals surface area (Å²) >= 11 is 0. The van der Waals surface area contributed by atoms with Crippen LogP contribution in [0.1, 0.15) is 31.2 Å². The molecule has 1 aromatic rings. The molecule has 0 radical (unpaired) electrons. The largest absolute Gasteiger partial charge is 0.396 e. The van der Waals surface area contributed by atoms with E-state index in [2.05, 4.69) is 35.2 Å². The molecule has 1 N–H and O–H groups in total. The fourth-order valence-electron chi connectivity index (χ4n) is 4.63. The van der Waals surface area contributed by atoms with Gasteiger partial charge < -0.3 is 14.6 Å². The van der Waals surface area contributed by atoms with Crippen LogP contribution in [-0.2, 0) is 16.0 Å². The summed E-state index contributed by atoms with van der Waals surface area (Å²) in [7, 11) is 0. The first-order valence-electron chi connectivity index (χ1n) is 9.39. The van der Waals surface area contributed by atoms with Crippen molar-refractivity contribution in [1.29, 1.82) is 0 Å². The van der Waals surface area contributed by atoms with Crippen LogP contribution < -0.4 is 0 Å². The van der Waals surface area contributed by atoms with Crippen LogP contribution in [0.25, 0.3) is 0 Å². The molecular weight excluding hydrogens is 302 g/mol. The number of aliphatic hydroxyl groups is 1. The highest BCUT2D eigenvalue weighted by atomic mass is 16.7. The molecule has 3 aliphatic rings. The number of likely N-dealkylation sites (tertiary alicyclic amines) is 1. The standard InChI is InChI=1S/C20H29NO3/c22-15-20-10-18(20)17(13-24-19-8-4-5-9-23-19)12-21(14-20)11-16-6-2-1-3-7-16/h1-3,6-7,17-19,22H,4-5,8-15H2. The number of rotatable bonds is 6. The summed E-state index contributed by atoms with van der Waals surface area (Å²) in [5.41, 5.74) is 1.47.